The zero-order valence-corrected chi connectivity index (χ0v) is 12.8. The van der Waals surface area contributed by atoms with Crippen molar-refractivity contribution in [2.24, 2.45) is 0 Å². The van der Waals surface area contributed by atoms with E-state index in [1.807, 2.05) is 44.4 Å². The second kappa shape index (κ2) is 7.34. The van der Waals surface area contributed by atoms with Crippen molar-refractivity contribution in [3.8, 4) is 5.75 Å². The van der Waals surface area contributed by atoms with Gasteiger partial charge in [0.1, 0.15) is 5.75 Å². The minimum Gasteiger partial charge on any atom is -0.497 e. The predicted molar refractivity (Wildman–Crippen MR) is 91.8 cm³/mol. The highest BCUT2D eigenvalue weighted by Crippen LogP contribution is 2.15. The van der Waals surface area contributed by atoms with Crippen molar-refractivity contribution < 1.29 is 4.74 Å². The second-order valence-corrected chi connectivity index (χ2v) is 4.98. The van der Waals surface area contributed by atoms with Gasteiger partial charge in [-0.3, -0.25) is 0 Å². The first-order chi connectivity index (χ1) is 10.2. The van der Waals surface area contributed by atoms with Crippen LogP contribution in [0.1, 0.15) is 11.1 Å². The van der Waals surface area contributed by atoms with Gasteiger partial charge in [-0.05, 0) is 35.4 Å². The summed E-state index contributed by atoms with van der Waals surface area (Å²) in [5.41, 5.74) is 3.52. The number of hydrogen-bond donors (Lipinski definition) is 0. The molecule has 0 unspecified atom stereocenters. The van der Waals surface area contributed by atoms with E-state index < -0.39 is 0 Å². The van der Waals surface area contributed by atoms with Crippen molar-refractivity contribution in [1.82, 2.24) is 0 Å². The van der Waals surface area contributed by atoms with E-state index in [9.17, 15) is 0 Å². The van der Waals surface area contributed by atoms with E-state index in [-0.39, 0.29) is 0 Å². The fourth-order valence-corrected chi connectivity index (χ4v) is 1.96. The third-order valence-electron chi connectivity index (χ3n) is 3.19. The van der Waals surface area contributed by atoms with Crippen molar-refractivity contribution >= 4 is 17.8 Å². The number of nitrogens with zero attached hydrogens (tertiary/aromatic N) is 1. The van der Waals surface area contributed by atoms with Gasteiger partial charge in [-0.2, -0.15) is 0 Å². The van der Waals surface area contributed by atoms with Gasteiger partial charge in [-0.1, -0.05) is 48.6 Å². The Kier molecular flexibility index (Phi) is 5.22. The molecule has 0 amide bonds. The van der Waals surface area contributed by atoms with Gasteiger partial charge in [0, 0.05) is 19.8 Å². The Morgan fingerprint density at radius 2 is 1.52 bits per heavy atom. The normalized spacial score (nSPS) is 11.2. The van der Waals surface area contributed by atoms with Crippen LogP contribution < -0.4 is 9.64 Å². The largest absolute Gasteiger partial charge is 0.497 e. The molecule has 2 rings (SSSR count). The van der Waals surface area contributed by atoms with E-state index in [1.165, 1.54) is 11.3 Å². The molecule has 0 heterocycles. The fourth-order valence-electron chi connectivity index (χ4n) is 1.96. The maximum absolute atomic E-state index is 5.21. The molecule has 0 aliphatic carbocycles. The van der Waals surface area contributed by atoms with Crippen molar-refractivity contribution in [1.29, 1.82) is 0 Å². The molecule has 2 aromatic carbocycles. The summed E-state index contributed by atoms with van der Waals surface area (Å²) < 4.78 is 5.21. The van der Waals surface area contributed by atoms with Crippen LogP contribution >= 0.6 is 0 Å². The van der Waals surface area contributed by atoms with Gasteiger partial charge in [-0.25, -0.2) is 0 Å². The summed E-state index contributed by atoms with van der Waals surface area (Å²) in [5, 5.41) is 0. The average molecular weight is 279 g/mol. The van der Waals surface area contributed by atoms with Crippen LogP contribution in [0, 0.1) is 0 Å². The maximum atomic E-state index is 5.21. The Morgan fingerprint density at radius 3 is 2.14 bits per heavy atom. The van der Waals surface area contributed by atoms with Crippen molar-refractivity contribution in [3.63, 3.8) is 0 Å². The quantitative estimate of drug-likeness (QED) is 0.748. The lowest BCUT2D eigenvalue weighted by Crippen LogP contribution is -2.07. The molecule has 0 radical (unpaired) electrons. The topological polar surface area (TPSA) is 12.5 Å². The standard InChI is InChI=1S/C19H21NO/c1-20(2)18-13-11-16(12-14-18)7-4-5-8-17-9-6-10-19(15-17)21-3/h4-15H,1-3H3. The first-order valence-corrected chi connectivity index (χ1v) is 6.95. The number of hydrogen-bond acceptors (Lipinski definition) is 2. The minimum atomic E-state index is 0.875. The second-order valence-electron chi connectivity index (χ2n) is 4.98. The molecular formula is C19H21NO. The van der Waals surface area contributed by atoms with Crippen LogP contribution in [0.5, 0.6) is 5.75 Å². The monoisotopic (exact) mass is 279 g/mol. The number of allylic oxidation sites excluding steroid dienone is 2. The molecule has 0 N–H and O–H groups in total. The average Bonchev–Trinajstić information content (AvgIpc) is 2.52. The highest BCUT2D eigenvalue weighted by molar-refractivity contribution is 5.60. The molecule has 0 spiro atoms. The third kappa shape index (κ3) is 4.53. The molecule has 2 nitrogen and oxygen atoms in total. The van der Waals surface area contributed by atoms with Crippen molar-refractivity contribution in [2.75, 3.05) is 26.1 Å². The molecule has 0 saturated carbocycles. The van der Waals surface area contributed by atoms with Crippen LogP contribution in [0.15, 0.2) is 60.7 Å². The third-order valence-corrected chi connectivity index (χ3v) is 3.19. The smallest absolute Gasteiger partial charge is 0.119 e. The van der Waals surface area contributed by atoms with Gasteiger partial charge in [0.15, 0.2) is 0 Å². The fraction of sp³-hybridized carbons (Fsp3) is 0.158. The van der Waals surface area contributed by atoms with E-state index in [4.69, 9.17) is 4.74 Å². The number of anilines is 1. The van der Waals surface area contributed by atoms with Crippen LogP contribution in [0.4, 0.5) is 5.69 Å². The first-order valence-electron chi connectivity index (χ1n) is 6.95. The minimum absolute atomic E-state index is 0.875. The lowest BCUT2D eigenvalue weighted by molar-refractivity contribution is 0.414. The number of methoxy groups -OCH3 is 1. The summed E-state index contributed by atoms with van der Waals surface area (Å²) in [6, 6.07) is 16.5. The van der Waals surface area contributed by atoms with Gasteiger partial charge in [-0.15, -0.1) is 0 Å². The van der Waals surface area contributed by atoms with E-state index in [1.54, 1.807) is 7.11 Å². The van der Waals surface area contributed by atoms with Gasteiger partial charge in [0.25, 0.3) is 0 Å². The zero-order chi connectivity index (χ0) is 15.1. The van der Waals surface area contributed by atoms with E-state index in [0.717, 1.165) is 11.3 Å². The van der Waals surface area contributed by atoms with Crippen LogP contribution in [-0.2, 0) is 0 Å². The van der Waals surface area contributed by atoms with Gasteiger partial charge in [0.05, 0.1) is 7.11 Å². The van der Waals surface area contributed by atoms with Crippen LogP contribution in [0.3, 0.4) is 0 Å². The molecule has 0 fully saturated rings. The van der Waals surface area contributed by atoms with E-state index in [0.29, 0.717) is 0 Å². The van der Waals surface area contributed by atoms with Crippen molar-refractivity contribution in [2.45, 2.75) is 0 Å². The highest BCUT2D eigenvalue weighted by atomic mass is 16.5. The van der Waals surface area contributed by atoms with Crippen LogP contribution in [-0.4, -0.2) is 21.2 Å². The first kappa shape index (κ1) is 14.9. The lowest BCUT2D eigenvalue weighted by atomic mass is 10.1. The molecule has 0 aliphatic heterocycles. The van der Waals surface area contributed by atoms with Gasteiger partial charge in [0.2, 0.25) is 0 Å². The van der Waals surface area contributed by atoms with Gasteiger partial charge >= 0.3 is 0 Å². The molecule has 0 aliphatic rings. The Morgan fingerprint density at radius 1 is 0.857 bits per heavy atom. The number of rotatable bonds is 5. The van der Waals surface area contributed by atoms with E-state index >= 15 is 0 Å². The Balaban J connectivity index is 1.99. The Labute approximate surface area is 127 Å². The molecule has 2 aromatic rings. The molecule has 0 atom stereocenters. The van der Waals surface area contributed by atoms with Crippen LogP contribution in [0.25, 0.3) is 12.2 Å². The number of benzene rings is 2. The zero-order valence-electron chi connectivity index (χ0n) is 12.8. The SMILES string of the molecule is COc1cccc(C=CC=Cc2ccc(N(C)C)cc2)c1. The summed E-state index contributed by atoms with van der Waals surface area (Å²) in [4.78, 5) is 2.09. The van der Waals surface area contributed by atoms with Crippen molar-refractivity contribution in [3.05, 3.63) is 71.8 Å². The molecule has 0 saturated heterocycles. The molecule has 108 valence electrons. The maximum Gasteiger partial charge on any atom is 0.119 e. The summed E-state index contributed by atoms with van der Waals surface area (Å²) >= 11 is 0. The van der Waals surface area contributed by atoms with E-state index in [2.05, 4.69) is 47.4 Å². The predicted octanol–water partition coefficient (Wildman–Crippen LogP) is 4.49. The Bertz CT molecular complexity index is 624. The molecule has 21 heavy (non-hydrogen) atoms. The lowest BCUT2D eigenvalue weighted by Gasteiger charge is -2.11. The summed E-state index contributed by atoms with van der Waals surface area (Å²) in [6.45, 7) is 0. The summed E-state index contributed by atoms with van der Waals surface area (Å²) in [6.07, 6.45) is 8.24. The van der Waals surface area contributed by atoms with Gasteiger partial charge < -0.3 is 9.64 Å². The van der Waals surface area contributed by atoms with Crippen LogP contribution in [0.2, 0.25) is 0 Å². The summed E-state index contributed by atoms with van der Waals surface area (Å²) in [5.74, 6) is 0.875. The summed E-state index contributed by atoms with van der Waals surface area (Å²) in [7, 11) is 5.77. The molecule has 0 aromatic heterocycles. The molecular weight excluding hydrogens is 258 g/mol. The molecule has 2 heteroatoms. The Hall–Kier alpha value is -2.48. The number of ether oxygens (including phenoxy) is 1. The highest BCUT2D eigenvalue weighted by Gasteiger charge is 1.93. The molecule has 0 bridgehead atoms.